The van der Waals surface area contributed by atoms with Gasteiger partial charge in [-0.2, -0.15) is 0 Å². The van der Waals surface area contributed by atoms with Crippen molar-refractivity contribution in [3.63, 3.8) is 0 Å². The average Bonchev–Trinajstić information content (AvgIpc) is 2.69. The number of para-hydroxylation sites is 1. The predicted molar refractivity (Wildman–Crippen MR) is 89.1 cm³/mol. The van der Waals surface area contributed by atoms with Crippen molar-refractivity contribution >= 4 is 23.2 Å². The van der Waals surface area contributed by atoms with Crippen LogP contribution in [-0.2, 0) is 22.3 Å². The fraction of sp³-hybridized carbons (Fsp3) is 0.588. The Bertz CT molecular complexity index is 846. The average molecular weight is 325 g/mol. The molecule has 1 amide bonds. The molecule has 1 aromatic rings. The molecule has 0 aliphatic rings. The van der Waals surface area contributed by atoms with Crippen molar-refractivity contribution < 1.29 is 27.4 Å². The van der Waals surface area contributed by atoms with Gasteiger partial charge >= 0.3 is 0 Å². The smallest absolute Gasteiger partial charge is 0.243 e. The van der Waals surface area contributed by atoms with E-state index in [0.717, 1.165) is 0 Å². The zero-order chi connectivity index (χ0) is 26.9. The van der Waals surface area contributed by atoms with Crippen molar-refractivity contribution in [3.05, 3.63) is 29.3 Å². The van der Waals surface area contributed by atoms with Crippen LogP contribution < -0.4 is 4.90 Å². The minimum absolute atomic E-state index is 0.0869. The molecule has 0 N–H and O–H groups in total. The van der Waals surface area contributed by atoms with Gasteiger partial charge in [0, 0.05) is 20.3 Å². The number of carbonyl (C=O) groups is 1. The number of benzene rings is 1. The first-order chi connectivity index (χ1) is 15.3. The summed E-state index contributed by atoms with van der Waals surface area (Å²) in [4.78, 5) is 13.3. The lowest BCUT2D eigenvalue weighted by atomic mass is 10.0. The highest BCUT2D eigenvalue weighted by Crippen LogP contribution is 2.27. The SMILES string of the molecule is [2H]c1c([2H])c(C([2H])([2H])C([2H])([2H])[2H])c(N(COCCCC)C(=O)CCl)c(C([2H])([2H])C([2H])([2H])[2H])c1[2H]. The molecule has 0 atom stereocenters. The van der Waals surface area contributed by atoms with Crippen molar-refractivity contribution in [2.75, 3.05) is 24.1 Å². The maximum Gasteiger partial charge on any atom is 0.243 e. The molecule has 0 aliphatic carbocycles. The number of rotatable bonds is 9. The van der Waals surface area contributed by atoms with Crippen LogP contribution in [0, 0.1) is 0 Å². The number of halogens is 1. The minimum Gasteiger partial charge on any atom is -0.361 e. The summed E-state index contributed by atoms with van der Waals surface area (Å²) in [6.07, 6.45) is -5.66. The highest BCUT2D eigenvalue weighted by molar-refractivity contribution is 6.29. The second kappa shape index (κ2) is 9.80. The number of hydrogen-bond acceptors (Lipinski definition) is 2. The molecule has 0 saturated heterocycles. The number of alkyl halides is 1. The number of carbonyl (C=O) groups excluding carboxylic acids is 1. The first kappa shape index (κ1) is 6.59. The van der Waals surface area contributed by atoms with Crippen LogP contribution in [0.5, 0.6) is 0 Å². The molecular weight excluding hydrogens is 286 g/mol. The van der Waals surface area contributed by atoms with Crippen LogP contribution in [-0.4, -0.2) is 25.1 Å². The largest absolute Gasteiger partial charge is 0.361 e. The van der Waals surface area contributed by atoms with E-state index in [4.69, 9.17) is 34.2 Å². The van der Waals surface area contributed by atoms with Crippen molar-refractivity contribution in [2.45, 2.75) is 46.2 Å². The van der Waals surface area contributed by atoms with E-state index in [1.54, 1.807) is 0 Å². The van der Waals surface area contributed by atoms with Gasteiger partial charge in [0.25, 0.3) is 0 Å². The molecule has 0 unspecified atom stereocenters. The number of ether oxygens (including phenoxy) is 1. The maximum atomic E-state index is 12.8. The Morgan fingerprint density at radius 1 is 1.43 bits per heavy atom. The molecule has 0 saturated carbocycles. The summed E-state index contributed by atoms with van der Waals surface area (Å²) in [5.74, 6) is -1.81. The van der Waals surface area contributed by atoms with Crippen molar-refractivity contribution in [3.8, 4) is 0 Å². The summed E-state index contributed by atoms with van der Waals surface area (Å²) in [5.41, 5.74) is -3.22. The maximum absolute atomic E-state index is 12.8. The molecule has 3 nitrogen and oxygen atoms in total. The van der Waals surface area contributed by atoms with Gasteiger partial charge in [-0.15, -0.1) is 11.6 Å². The van der Waals surface area contributed by atoms with E-state index >= 15 is 0 Å². The molecule has 0 heterocycles. The van der Waals surface area contributed by atoms with Crippen LogP contribution in [0.3, 0.4) is 0 Å². The fourth-order valence-electron chi connectivity index (χ4n) is 1.59. The Hall–Kier alpha value is -1.06. The first-order valence-corrected chi connectivity index (χ1v) is 6.91. The van der Waals surface area contributed by atoms with Gasteiger partial charge in [-0.25, -0.2) is 0 Å². The normalized spacial score (nSPS) is 22.3. The number of unbranched alkanes of at least 4 members (excludes halogenated alkanes) is 1. The van der Waals surface area contributed by atoms with Crippen LogP contribution in [0.1, 0.15) is 62.4 Å². The lowest BCUT2D eigenvalue weighted by Crippen LogP contribution is -2.35. The highest BCUT2D eigenvalue weighted by Gasteiger charge is 2.20. The predicted octanol–water partition coefficient (Wildman–Crippen LogP) is 4.16. The van der Waals surface area contributed by atoms with E-state index in [0.29, 0.717) is 17.7 Å². The van der Waals surface area contributed by atoms with Crippen LogP contribution in [0.15, 0.2) is 18.1 Å². The third-order valence-corrected chi connectivity index (χ3v) is 2.88. The first-order valence-electron chi connectivity index (χ1n) is 12.9. The number of nitrogens with zero attached hydrogens (tertiary/aromatic N) is 1. The van der Waals surface area contributed by atoms with Crippen LogP contribution in [0.25, 0.3) is 0 Å². The summed E-state index contributed by atoms with van der Waals surface area (Å²) < 4.78 is 109. The van der Waals surface area contributed by atoms with Crippen molar-refractivity contribution in [1.82, 2.24) is 0 Å². The van der Waals surface area contributed by atoms with E-state index in [1.807, 2.05) is 6.92 Å². The molecule has 118 valence electrons. The monoisotopic (exact) mass is 324 g/mol. The van der Waals surface area contributed by atoms with E-state index in [2.05, 4.69) is 0 Å². The fourth-order valence-corrected chi connectivity index (χ4v) is 1.73. The number of amides is 1. The lowest BCUT2D eigenvalue weighted by Gasteiger charge is -2.26. The Morgan fingerprint density at radius 2 is 2.10 bits per heavy atom. The van der Waals surface area contributed by atoms with Gasteiger partial charge in [0.2, 0.25) is 5.91 Å². The summed E-state index contributed by atoms with van der Waals surface area (Å²) in [5, 5.41) is 0. The van der Waals surface area contributed by atoms with Crippen LogP contribution in [0.4, 0.5) is 5.69 Å². The van der Waals surface area contributed by atoms with Gasteiger partial charge in [-0.3, -0.25) is 9.69 Å². The molecule has 0 aliphatic heterocycles. The zero-order valence-electron chi connectivity index (χ0n) is 24.7. The van der Waals surface area contributed by atoms with Gasteiger partial charge in [0.15, 0.2) is 0 Å². The summed E-state index contributed by atoms with van der Waals surface area (Å²) in [7, 11) is 0. The summed E-state index contributed by atoms with van der Waals surface area (Å²) >= 11 is 5.67. The molecule has 1 rings (SSSR count). The summed E-state index contributed by atoms with van der Waals surface area (Å²) in [6.45, 7) is -5.73. The van der Waals surface area contributed by atoms with E-state index in [-0.39, 0.29) is 6.61 Å². The second-order valence-electron chi connectivity index (χ2n) is 4.07. The molecule has 0 bridgehead atoms. The number of hydrogen-bond donors (Lipinski definition) is 0. The number of anilines is 1. The van der Waals surface area contributed by atoms with E-state index < -0.39 is 79.9 Å². The molecular formula is C17H26ClNO2. The molecule has 21 heavy (non-hydrogen) atoms. The topological polar surface area (TPSA) is 29.5 Å². The lowest BCUT2D eigenvalue weighted by molar-refractivity contribution is -0.117. The molecule has 0 fully saturated rings. The molecule has 0 spiro atoms. The molecule has 1 aromatic carbocycles. The third kappa shape index (κ3) is 5.01. The summed E-state index contributed by atoms with van der Waals surface area (Å²) in [6, 6.07) is -3.31. The van der Waals surface area contributed by atoms with Gasteiger partial charge in [-0.05, 0) is 30.3 Å². The zero-order valence-corrected chi connectivity index (χ0v) is 12.4. The van der Waals surface area contributed by atoms with Crippen LogP contribution in [0.2, 0.25) is 0 Å². The Balaban J connectivity index is 4.27. The highest BCUT2D eigenvalue weighted by atomic mass is 35.5. The molecule has 0 radical (unpaired) electrons. The van der Waals surface area contributed by atoms with E-state index in [9.17, 15) is 4.79 Å². The van der Waals surface area contributed by atoms with Crippen molar-refractivity contribution in [1.29, 1.82) is 0 Å². The molecule has 0 aromatic heterocycles. The Kier molecular flexibility index (Phi) is 3.08. The van der Waals surface area contributed by atoms with Gasteiger partial charge < -0.3 is 4.74 Å². The quantitative estimate of drug-likeness (QED) is 0.388. The minimum atomic E-state index is -3.48. The van der Waals surface area contributed by atoms with Gasteiger partial charge in [0.05, 0.1) is 9.80 Å². The second-order valence-corrected chi connectivity index (χ2v) is 4.34. The molecule has 4 heteroatoms. The van der Waals surface area contributed by atoms with Crippen LogP contribution >= 0.6 is 11.6 Å². The third-order valence-electron chi connectivity index (χ3n) is 2.65. The van der Waals surface area contributed by atoms with Gasteiger partial charge in [0.1, 0.15) is 12.6 Å². The standard InChI is InChI=1S/C17H26ClNO2/c1-4-7-11-21-13-19(16(20)12-18)17-14(5-2)9-8-10-15(17)6-3/h8-10H,4-7,11-13H2,1-3H3/i2D3,3D3,5D2,6D2,8D,9D,10D. The van der Waals surface area contributed by atoms with Crippen molar-refractivity contribution in [2.24, 2.45) is 0 Å². The van der Waals surface area contributed by atoms with E-state index in [1.165, 1.54) is 0 Å². The Morgan fingerprint density at radius 3 is 2.62 bits per heavy atom. The Labute approximate surface area is 151 Å². The van der Waals surface area contributed by atoms with Gasteiger partial charge in [-0.1, -0.05) is 45.2 Å².